The maximum atomic E-state index is 4.03. The molecule has 0 spiro atoms. The SMILES string of the molecule is [CH2-]C(C)CCCCCCCCCCCCCC.[Na+]. The van der Waals surface area contributed by atoms with Crippen LogP contribution in [-0.4, -0.2) is 0 Å². The normalized spacial score (nSPS) is 12.2. The summed E-state index contributed by atoms with van der Waals surface area (Å²) < 4.78 is 0. The van der Waals surface area contributed by atoms with Crippen molar-refractivity contribution in [2.24, 2.45) is 5.92 Å². The molecule has 0 saturated heterocycles. The van der Waals surface area contributed by atoms with Crippen molar-refractivity contribution in [1.29, 1.82) is 0 Å². The zero-order chi connectivity index (χ0) is 12.8. The van der Waals surface area contributed by atoms with Crippen molar-refractivity contribution in [3.63, 3.8) is 0 Å². The third kappa shape index (κ3) is 19.3. The first-order valence-electron chi connectivity index (χ1n) is 8.10. The molecule has 0 aliphatic carbocycles. The van der Waals surface area contributed by atoms with Gasteiger partial charge >= 0.3 is 29.6 Å². The van der Waals surface area contributed by atoms with E-state index in [9.17, 15) is 0 Å². The van der Waals surface area contributed by atoms with Gasteiger partial charge in [-0.05, 0) is 0 Å². The summed E-state index contributed by atoms with van der Waals surface area (Å²) in [7, 11) is 0. The second kappa shape index (κ2) is 18.0. The molecule has 104 valence electrons. The molecule has 0 bridgehead atoms. The summed E-state index contributed by atoms with van der Waals surface area (Å²) in [6.45, 7) is 8.54. The first-order valence-corrected chi connectivity index (χ1v) is 8.10. The minimum Gasteiger partial charge on any atom is -0.341 e. The van der Waals surface area contributed by atoms with Crippen LogP contribution < -0.4 is 29.6 Å². The molecule has 0 fully saturated rings. The minimum atomic E-state index is 0. The van der Waals surface area contributed by atoms with Crippen LogP contribution in [0.2, 0.25) is 0 Å². The fourth-order valence-corrected chi connectivity index (χ4v) is 2.33. The summed E-state index contributed by atoms with van der Waals surface area (Å²) in [6, 6.07) is 0. The Morgan fingerprint density at radius 2 is 1.00 bits per heavy atom. The van der Waals surface area contributed by atoms with Gasteiger partial charge in [-0.1, -0.05) is 97.3 Å². The maximum Gasteiger partial charge on any atom is 1.00 e. The molecule has 1 unspecified atom stereocenters. The van der Waals surface area contributed by atoms with Crippen molar-refractivity contribution < 1.29 is 29.6 Å². The summed E-state index contributed by atoms with van der Waals surface area (Å²) in [6.07, 6.45) is 18.6. The zero-order valence-electron chi connectivity index (χ0n) is 13.5. The first-order chi connectivity index (χ1) is 8.27. The van der Waals surface area contributed by atoms with E-state index in [0.29, 0.717) is 5.92 Å². The number of hydrogen-bond acceptors (Lipinski definition) is 0. The Kier molecular flexibility index (Phi) is 21.3. The van der Waals surface area contributed by atoms with Gasteiger partial charge in [0, 0.05) is 0 Å². The second-order valence-electron chi connectivity index (χ2n) is 5.78. The molecular formula is C17H35Na. The van der Waals surface area contributed by atoms with E-state index in [1.54, 1.807) is 0 Å². The molecule has 0 aromatic heterocycles. The third-order valence-electron chi connectivity index (χ3n) is 3.55. The van der Waals surface area contributed by atoms with Gasteiger partial charge in [-0.25, -0.2) is 0 Å². The molecule has 0 amide bonds. The summed E-state index contributed by atoms with van der Waals surface area (Å²) in [5.74, 6) is 0.651. The molecule has 0 rings (SSSR count). The third-order valence-corrected chi connectivity index (χ3v) is 3.55. The van der Waals surface area contributed by atoms with Crippen LogP contribution in [0.3, 0.4) is 0 Å². The van der Waals surface area contributed by atoms with E-state index in [0.717, 1.165) is 0 Å². The number of unbranched alkanes of at least 4 members (excludes halogenated alkanes) is 11. The topological polar surface area (TPSA) is 0 Å². The Bertz CT molecular complexity index is 132. The van der Waals surface area contributed by atoms with E-state index in [1.807, 2.05) is 0 Å². The molecule has 0 aromatic rings. The van der Waals surface area contributed by atoms with Crippen molar-refractivity contribution in [2.45, 2.75) is 97.3 Å². The van der Waals surface area contributed by atoms with Crippen molar-refractivity contribution >= 4 is 0 Å². The van der Waals surface area contributed by atoms with Crippen LogP contribution in [0.25, 0.3) is 0 Å². The minimum absolute atomic E-state index is 0. The van der Waals surface area contributed by atoms with Gasteiger partial charge in [0.15, 0.2) is 0 Å². The van der Waals surface area contributed by atoms with Crippen LogP contribution in [0.5, 0.6) is 0 Å². The van der Waals surface area contributed by atoms with Gasteiger partial charge in [-0.15, -0.1) is 0 Å². The molecule has 0 N–H and O–H groups in total. The van der Waals surface area contributed by atoms with Gasteiger partial charge < -0.3 is 6.92 Å². The second-order valence-corrected chi connectivity index (χ2v) is 5.78. The van der Waals surface area contributed by atoms with Crippen molar-refractivity contribution in [1.82, 2.24) is 0 Å². The quantitative estimate of drug-likeness (QED) is 0.270. The van der Waals surface area contributed by atoms with Gasteiger partial charge in [0.2, 0.25) is 0 Å². The summed E-state index contributed by atoms with van der Waals surface area (Å²) >= 11 is 0. The predicted molar refractivity (Wildman–Crippen MR) is 80.2 cm³/mol. The molecule has 1 heteroatoms. The monoisotopic (exact) mass is 262 g/mol. The Labute approximate surface area is 139 Å². The van der Waals surface area contributed by atoms with Crippen molar-refractivity contribution in [3.05, 3.63) is 6.92 Å². The molecule has 0 radical (unpaired) electrons. The van der Waals surface area contributed by atoms with E-state index in [-0.39, 0.29) is 29.6 Å². The Hall–Kier alpha value is 1.00. The average Bonchev–Trinajstić information content (AvgIpc) is 2.30. The Morgan fingerprint density at radius 3 is 1.33 bits per heavy atom. The predicted octanol–water partition coefficient (Wildman–Crippen LogP) is 3.55. The van der Waals surface area contributed by atoms with E-state index < -0.39 is 0 Å². The molecule has 0 heterocycles. The maximum absolute atomic E-state index is 4.03. The average molecular weight is 262 g/mol. The number of hydrogen-bond donors (Lipinski definition) is 0. The van der Waals surface area contributed by atoms with Gasteiger partial charge in [0.05, 0.1) is 0 Å². The van der Waals surface area contributed by atoms with E-state index in [1.165, 1.54) is 83.5 Å². The fraction of sp³-hybridized carbons (Fsp3) is 0.941. The standard InChI is InChI=1S/C17H35.Na/c1-4-5-6-7-8-9-10-11-12-13-14-15-16-17(2)3;/h17H,2,4-16H2,1,3H3;/q-1;+1. The van der Waals surface area contributed by atoms with E-state index >= 15 is 0 Å². The molecule has 0 aromatic carbocycles. The van der Waals surface area contributed by atoms with Crippen LogP contribution in [0.15, 0.2) is 0 Å². The number of rotatable bonds is 13. The smallest absolute Gasteiger partial charge is 0.341 e. The van der Waals surface area contributed by atoms with Crippen LogP contribution in [0.4, 0.5) is 0 Å². The van der Waals surface area contributed by atoms with Crippen LogP contribution in [-0.2, 0) is 0 Å². The van der Waals surface area contributed by atoms with Crippen molar-refractivity contribution in [2.75, 3.05) is 0 Å². The van der Waals surface area contributed by atoms with Gasteiger partial charge in [-0.3, -0.25) is 0 Å². The van der Waals surface area contributed by atoms with Crippen LogP contribution >= 0.6 is 0 Å². The van der Waals surface area contributed by atoms with E-state index in [4.69, 9.17) is 0 Å². The van der Waals surface area contributed by atoms with Crippen LogP contribution in [0, 0.1) is 12.8 Å². The van der Waals surface area contributed by atoms with Gasteiger partial charge in [-0.2, -0.15) is 5.92 Å². The molecular weight excluding hydrogens is 227 g/mol. The van der Waals surface area contributed by atoms with Crippen molar-refractivity contribution in [3.8, 4) is 0 Å². The van der Waals surface area contributed by atoms with Gasteiger partial charge in [0.1, 0.15) is 0 Å². The molecule has 0 aliphatic heterocycles. The largest absolute Gasteiger partial charge is 1.00 e. The molecule has 0 aliphatic rings. The van der Waals surface area contributed by atoms with Gasteiger partial charge in [0.25, 0.3) is 0 Å². The first kappa shape index (κ1) is 21.3. The molecule has 1 atom stereocenters. The summed E-state index contributed by atoms with van der Waals surface area (Å²) in [4.78, 5) is 0. The Balaban J connectivity index is 0. The van der Waals surface area contributed by atoms with Crippen LogP contribution in [0.1, 0.15) is 97.3 Å². The molecule has 0 saturated carbocycles. The zero-order valence-corrected chi connectivity index (χ0v) is 15.5. The molecule has 18 heavy (non-hydrogen) atoms. The fourth-order valence-electron chi connectivity index (χ4n) is 2.33. The molecule has 0 nitrogen and oxygen atoms in total. The van der Waals surface area contributed by atoms with E-state index in [2.05, 4.69) is 20.8 Å². The summed E-state index contributed by atoms with van der Waals surface area (Å²) in [5, 5.41) is 0. The summed E-state index contributed by atoms with van der Waals surface area (Å²) in [5.41, 5.74) is 0. The Morgan fingerprint density at radius 1 is 0.667 bits per heavy atom.